The first-order valence-corrected chi connectivity index (χ1v) is 5.75. The fraction of sp³-hybridized carbons (Fsp3) is 0.909. The summed E-state index contributed by atoms with van der Waals surface area (Å²) >= 11 is 0. The predicted octanol–water partition coefficient (Wildman–Crippen LogP) is 3.41. The Kier molecular flexibility index (Phi) is 7.17. The first kappa shape index (κ1) is 15.3. The van der Waals surface area contributed by atoms with Gasteiger partial charge in [-0.3, -0.25) is 4.79 Å². The Morgan fingerprint density at radius 1 is 1.19 bits per heavy atom. The molecule has 1 unspecified atom stereocenters. The maximum Gasteiger partial charge on any atom is 0.471 e. The van der Waals surface area contributed by atoms with Gasteiger partial charge in [-0.1, -0.05) is 39.0 Å². The third kappa shape index (κ3) is 7.54. The SMILES string of the molecule is CCCCCCCC(C)NC(=O)C(F)(F)F. The summed E-state index contributed by atoms with van der Waals surface area (Å²) in [5.41, 5.74) is 0. The summed E-state index contributed by atoms with van der Waals surface area (Å²) in [5.74, 6) is -1.84. The van der Waals surface area contributed by atoms with Crippen LogP contribution in [0.4, 0.5) is 13.2 Å². The Hall–Kier alpha value is -0.740. The Bertz CT molecular complexity index is 204. The smallest absolute Gasteiger partial charge is 0.346 e. The van der Waals surface area contributed by atoms with Crippen molar-refractivity contribution in [2.45, 2.75) is 64.6 Å². The molecular formula is C11H20F3NO. The molecule has 1 N–H and O–H groups in total. The minimum atomic E-state index is -4.77. The lowest BCUT2D eigenvalue weighted by Gasteiger charge is -2.14. The molecule has 0 rings (SSSR count). The van der Waals surface area contributed by atoms with Crippen molar-refractivity contribution in [1.82, 2.24) is 5.32 Å². The van der Waals surface area contributed by atoms with Crippen molar-refractivity contribution in [2.75, 3.05) is 0 Å². The summed E-state index contributed by atoms with van der Waals surface area (Å²) in [6.07, 6.45) is 1.11. The molecule has 0 aromatic rings. The molecule has 16 heavy (non-hydrogen) atoms. The average Bonchev–Trinajstić information content (AvgIpc) is 2.16. The summed E-state index contributed by atoms with van der Waals surface area (Å²) in [7, 11) is 0. The molecule has 0 saturated heterocycles. The number of carbonyl (C=O) groups is 1. The van der Waals surface area contributed by atoms with E-state index in [9.17, 15) is 18.0 Å². The van der Waals surface area contributed by atoms with E-state index in [0.717, 1.165) is 32.1 Å². The molecule has 2 nitrogen and oxygen atoms in total. The van der Waals surface area contributed by atoms with Gasteiger partial charge in [0.25, 0.3) is 0 Å². The lowest BCUT2D eigenvalue weighted by atomic mass is 10.1. The quantitative estimate of drug-likeness (QED) is 0.678. The van der Waals surface area contributed by atoms with E-state index in [1.165, 1.54) is 0 Å². The molecule has 0 fully saturated rings. The molecule has 0 aliphatic heterocycles. The molecule has 0 spiro atoms. The second-order valence-corrected chi connectivity index (χ2v) is 4.08. The number of unbranched alkanes of at least 4 members (excludes halogenated alkanes) is 4. The Morgan fingerprint density at radius 3 is 2.25 bits per heavy atom. The predicted molar refractivity (Wildman–Crippen MR) is 57.0 cm³/mol. The van der Waals surface area contributed by atoms with Crippen LogP contribution in [0.5, 0.6) is 0 Å². The summed E-state index contributed by atoms with van der Waals surface area (Å²) in [6, 6.07) is -0.407. The van der Waals surface area contributed by atoms with Gasteiger partial charge in [-0.25, -0.2) is 0 Å². The summed E-state index contributed by atoms with van der Waals surface area (Å²) in [4.78, 5) is 10.6. The highest BCUT2D eigenvalue weighted by Crippen LogP contribution is 2.15. The van der Waals surface area contributed by atoms with Gasteiger partial charge in [0, 0.05) is 6.04 Å². The third-order valence-corrected chi connectivity index (χ3v) is 2.38. The van der Waals surface area contributed by atoms with Crippen molar-refractivity contribution in [1.29, 1.82) is 0 Å². The number of hydrogen-bond donors (Lipinski definition) is 1. The zero-order valence-corrected chi connectivity index (χ0v) is 9.86. The van der Waals surface area contributed by atoms with Crippen LogP contribution < -0.4 is 5.32 Å². The molecule has 0 heterocycles. The van der Waals surface area contributed by atoms with Crippen molar-refractivity contribution in [2.24, 2.45) is 0 Å². The van der Waals surface area contributed by atoms with E-state index in [4.69, 9.17) is 0 Å². The van der Waals surface area contributed by atoms with Crippen LogP contribution in [0.25, 0.3) is 0 Å². The maximum absolute atomic E-state index is 11.9. The third-order valence-electron chi connectivity index (χ3n) is 2.38. The number of alkyl halides is 3. The van der Waals surface area contributed by atoms with Crippen LogP contribution in [0.15, 0.2) is 0 Å². The van der Waals surface area contributed by atoms with Crippen molar-refractivity contribution < 1.29 is 18.0 Å². The lowest BCUT2D eigenvalue weighted by molar-refractivity contribution is -0.174. The zero-order chi connectivity index (χ0) is 12.6. The second-order valence-electron chi connectivity index (χ2n) is 4.08. The van der Waals surface area contributed by atoms with Crippen LogP contribution in [-0.2, 0) is 4.79 Å². The largest absolute Gasteiger partial charge is 0.471 e. The van der Waals surface area contributed by atoms with Gasteiger partial charge in [0.15, 0.2) is 0 Å². The van der Waals surface area contributed by atoms with Gasteiger partial charge in [0.2, 0.25) is 0 Å². The summed E-state index contributed by atoms with van der Waals surface area (Å²) in [6.45, 7) is 3.70. The van der Waals surface area contributed by atoms with E-state index in [2.05, 4.69) is 6.92 Å². The van der Waals surface area contributed by atoms with Gasteiger partial charge in [0.05, 0.1) is 0 Å². The number of nitrogens with one attached hydrogen (secondary N) is 1. The maximum atomic E-state index is 11.9. The lowest BCUT2D eigenvalue weighted by Crippen LogP contribution is -2.41. The van der Waals surface area contributed by atoms with Gasteiger partial charge in [-0.2, -0.15) is 13.2 Å². The van der Waals surface area contributed by atoms with Crippen molar-refractivity contribution in [3.05, 3.63) is 0 Å². The van der Waals surface area contributed by atoms with Crippen LogP contribution in [-0.4, -0.2) is 18.1 Å². The molecule has 0 aromatic heterocycles. The van der Waals surface area contributed by atoms with Gasteiger partial charge in [-0.05, 0) is 13.3 Å². The molecule has 1 atom stereocenters. The van der Waals surface area contributed by atoms with Crippen LogP contribution in [0.3, 0.4) is 0 Å². The molecule has 0 aromatic carbocycles. The summed E-state index contributed by atoms with van der Waals surface area (Å²) < 4.78 is 35.7. The molecule has 5 heteroatoms. The topological polar surface area (TPSA) is 29.1 Å². The standard InChI is InChI=1S/C11H20F3NO/c1-3-4-5-6-7-8-9(2)15-10(16)11(12,13)14/h9H,3-8H2,1-2H3,(H,15,16). The Balaban J connectivity index is 3.59. The highest BCUT2D eigenvalue weighted by molar-refractivity contribution is 5.81. The number of hydrogen-bond acceptors (Lipinski definition) is 1. The van der Waals surface area contributed by atoms with E-state index >= 15 is 0 Å². The highest BCUT2D eigenvalue weighted by Gasteiger charge is 2.38. The molecule has 1 amide bonds. The molecule has 0 aliphatic rings. The van der Waals surface area contributed by atoms with Gasteiger partial charge in [0.1, 0.15) is 0 Å². The van der Waals surface area contributed by atoms with Crippen LogP contribution in [0.2, 0.25) is 0 Å². The molecule has 0 saturated carbocycles. The fourth-order valence-electron chi connectivity index (χ4n) is 1.43. The first-order chi connectivity index (χ1) is 7.38. The van der Waals surface area contributed by atoms with Crippen LogP contribution in [0.1, 0.15) is 52.4 Å². The Morgan fingerprint density at radius 2 is 1.75 bits per heavy atom. The molecular weight excluding hydrogens is 219 g/mol. The zero-order valence-electron chi connectivity index (χ0n) is 9.86. The van der Waals surface area contributed by atoms with Crippen molar-refractivity contribution in [3.8, 4) is 0 Å². The highest BCUT2D eigenvalue weighted by atomic mass is 19.4. The van der Waals surface area contributed by atoms with Gasteiger partial charge < -0.3 is 5.32 Å². The second kappa shape index (κ2) is 7.52. The number of halogens is 3. The molecule has 0 aliphatic carbocycles. The van der Waals surface area contributed by atoms with E-state index in [1.807, 2.05) is 5.32 Å². The normalized spacial score (nSPS) is 13.6. The molecule has 96 valence electrons. The number of amides is 1. The molecule has 0 radical (unpaired) electrons. The van der Waals surface area contributed by atoms with Crippen molar-refractivity contribution >= 4 is 5.91 Å². The number of carbonyl (C=O) groups excluding carboxylic acids is 1. The summed E-state index contributed by atoms with van der Waals surface area (Å²) in [5, 5.41) is 1.95. The van der Waals surface area contributed by atoms with E-state index in [-0.39, 0.29) is 0 Å². The Labute approximate surface area is 94.6 Å². The van der Waals surface area contributed by atoms with Crippen LogP contribution in [0, 0.1) is 0 Å². The van der Waals surface area contributed by atoms with Crippen LogP contribution >= 0.6 is 0 Å². The average molecular weight is 239 g/mol. The number of rotatable bonds is 7. The van der Waals surface area contributed by atoms with Gasteiger partial charge in [-0.15, -0.1) is 0 Å². The monoisotopic (exact) mass is 239 g/mol. The van der Waals surface area contributed by atoms with Gasteiger partial charge >= 0.3 is 12.1 Å². The first-order valence-electron chi connectivity index (χ1n) is 5.75. The van der Waals surface area contributed by atoms with E-state index < -0.39 is 18.1 Å². The fourth-order valence-corrected chi connectivity index (χ4v) is 1.43. The minimum absolute atomic E-state index is 0.407. The van der Waals surface area contributed by atoms with Crippen molar-refractivity contribution in [3.63, 3.8) is 0 Å². The van der Waals surface area contributed by atoms with E-state index in [1.54, 1.807) is 6.92 Å². The van der Waals surface area contributed by atoms with E-state index in [0.29, 0.717) is 6.42 Å². The molecule has 0 bridgehead atoms. The minimum Gasteiger partial charge on any atom is -0.346 e.